The van der Waals surface area contributed by atoms with Gasteiger partial charge in [0.25, 0.3) is 11.5 Å². The number of carbonyl (C=O) groups is 1. The summed E-state index contributed by atoms with van der Waals surface area (Å²) in [6.45, 7) is 0.745. The minimum atomic E-state index is -4.64. The topological polar surface area (TPSA) is 192 Å². The molecule has 1 aromatic heterocycles. The van der Waals surface area contributed by atoms with E-state index in [0.717, 1.165) is 36.1 Å². The van der Waals surface area contributed by atoms with Crippen LogP contribution in [0.4, 0.5) is 8.78 Å². The molecule has 190 valence electrons. The Morgan fingerprint density at radius 1 is 1.18 bits per heavy atom. The minimum Gasteiger partial charge on any atom is -0.497 e. The molecule has 0 aliphatic rings. The Kier molecular flexibility index (Phi) is 9.64. The molecule has 2 rings (SSSR count). The van der Waals surface area contributed by atoms with E-state index >= 15 is 0 Å². The van der Waals surface area contributed by atoms with Gasteiger partial charge in [0, 0.05) is 42.3 Å². The third kappa shape index (κ3) is 7.68. The van der Waals surface area contributed by atoms with Crippen LogP contribution in [0.2, 0.25) is 0 Å². The zero-order valence-electron chi connectivity index (χ0n) is 18.1. The van der Waals surface area contributed by atoms with Crippen molar-refractivity contribution in [2.45, 2.75) is 24.6 Å². The molecule has 16 heteroatoms. The monoisotopic (exact) mass is 528 g/mol. The van der Waals surface area contributed by atoms with Gasteiger partial charge in [-0.15, -0.1) is 0 Å². The van der Waals surface area contributed by atoms with Crippen LogP contribution in [-0.2, 0) is 25.7 Å². The van der Waals surface area contributed by atoms with Crippen LogP contribution in [0.3, 0.4) is 0 Å². The lowest BCUT2D eigenvalue weighted by Crippen LogP contribution is -2.50. The number of amides is 1. The van der Waals surface area contributed by atoms with E-state index in [4.69, 9.17) is 29.2 Å². The Morgan fingerprint density at radius 3 is 2.18 bits per heavy atom. The first kappa shape index (κ1) is 29.4. The van der Waals surface area contributed by atoms with Gasteiger partial charge in [0.2, 0.25) is 0 Å². The highest BCUT2D eigenvalue weighted by Crippen LogP contribution is 2.28. The Balaban J connectivity index is 0.00000104. The predicted octanol–water partition coefficient (Wildman–Crippen LogP) is 0.572. The number of halogens is 2. The Morgan fingerprint density at radius 2 is 1.74 bits per heavy atom. The summed E-state index contributed by atoms with van der Waals surface area (Å²) in [5, 5.41) is 8.82. The number of hydrogen-bond acceptors (Lipinski definition) is 7. The molecule has 5 N–H and O–H groups in total. The van der Waals surface area contributed by atoms with Crippen LogP contribution in [0, 0.1) is 11.6 Å². The van der Waals surface area contributed by atoms with Gasteiger partial charge < -0.3 is 24.0 Å². The first-order valence-electron chi connectivity index (χ1n) is 9.11. The number of aromatic nitrogens is 1. The number of ether oxygens (including phenoxy) is 1. The number of sulfone groups is 1. The van der Waals surface area contributed by atoms with Gasteiger partial charge in [-0.1, -0.05) is 0 Å². The summed E-state index contributed by atoms with van der Waals surface area (Å²) >= 11 is 0. The third-order valence-electron chi connectivity index (χ3n) is 4.77. The first-order chi connectivity index (χ1) is 15.4. The van der Waals surface area contributed by atoms with E-state index in [1.165, 1.54) is 24.7 Å². The Bertz CT molecular complexity index is 1250. The molecule has 0 aliphatic carbocycles. The molecule has 0 spiro atoms. The van der Waals surface area contributed by atoms with Crippen molar-refractivity contribution in [3.8, 4) is 16.9 Å². The molecule has 34 heavy (non-hydrogen) atoms. The molecule has 0 saturated heterocycles. The molecular formula is C18H23F2N2O10PS. The van der Waals surface area contributed by atoms with Crippen LogP contribution >= 0.6 is 7.82 Å². The van der Waals surface area contributed by atoms with E-state index in [0.29, 0.717) is 0 Å². The number of hydroxylamine groups is 1. The van der Waals surface area contributed by atoms with Gasteiger partial charge in [-0.3, -0.25) is 14.8 Å². The number of nitrogens with one attached hydrogen (secondary N) is 1. The molecule has 0 saturated carbocycles. The quantitative estimate of drug-likeness (QED) is 0.193. The predicted molar refractivity (Wildman–Crippen MR) is 115 cm³/mol. The van der Waals surface area contributed by atoms with Crippen molar-refractivity contribution in [1.82, 2.24) is 10.0 Å². The molecule has 1 amide bonds. The lowest BCUT2D eigenvalue weighted by Gasteiger charge is -2.25. The summed E-state index contributed by atoms with van der Waals surface area (Å²) in [5.41, 5.74) is 0.146. The van der Waals surface area contributed by atoms with Crippen LogP contribution in [0.5, 0.6) is 5.75 Å². The molecule has 0 radical (unpaired) electrons. The van der Waals surface area contributed by atoms with Gasteiger partial charge in [-0.25, -0.2) is 27.2 Å². The molecule has 1 heterocycles. The number of pyridine rings is 1. The molecule has 0 unspecified atom stereocenters. The van der Waals surface area contributed by atoms with Gasteiger partial charge in [0.15, 0.2) is 14.6 Å². The molecule has 0 bridgehead atoms. The number of rotatable bonds is 7. The highest BCUT2D eigenvalue weighted by Gasteiger charge is 2.43. The van der Waals surface area contributed by atoms with Crippen molar-refractivity contribution in [1.29, 1.82) is 0 Å². The number of aryl methyl sites for hydroxylation is 1. The van der Waals surface area contributed by atoms with Crippen LogP contribution in [0.15, 0.2) is 35.3 Å². The van der Waals surface area contributed by atoms with Crippen LogP contribution in [0.25, 0.3) is 11.1 Å². The molecule has 1 aromatic carbocycles. The molecule has 12 nitrogen and oxygen atoms in total. The summed E-state index contributed by atoms with van der Waals surface area (Å²) in [6, 6.07) is 4.60. The van der Waals surface area contributed by atoms with Crippen molar-refractivity contribution >= 4 is 23.6 Å². The highest BCUT2D eigenvalue weighted by atomic mass is 32.2. The van der Waals surface area contributed by atoms with Crippen molar-refractivity contribution < 1.29 is 51.2 Å². The number of methoxy groups -OCH3 is 1. The summed E-state index contributed by atoms with van der Waals surface area (Å²) in [4.78, 5) is 45.7. The smallest absolute Gasteiger partial charge is 0.466 e. The standard InChI is InChI=1S/C18H20F2N2O6S.H3O4P/c1-18(17(24)21-25,29(3,26)27)6-7-22-10-15(20)13(9-16(22)23)12-5-4-11(28-2)8-14(12)19;1-5(2,3)4/h4-5,8-10,25H,6-7H2,1-3H3,(H,21,24);(H3,1,2,3,4)/t18-;/m1./s1. The molecule has 0 aliphatic heterocycles. The van der Waals surface area contributed by atoms with Gasteiger partial charge in [0.1, 0.15) is 17.4 Å². The molecule has 0 fully saturated rings. The van der Waals surface area contributed by atoms with E-state index in [9.17, 15) is 26.8 Å². The second-order valence-electron chi connectivity index (χ2n) is 7.12. The van der Waals surface area contributed by atoms with Crippen molar-refractivity contribution in [3.63, 3.8) is 0 Å². The average molecular weight is 528 g/mol. The van der Waals surface area contributed by atoms with E-state index < -0.39 is 51.9 Å². The van der Waals surface area contributed by atoms with Gasteiger partial charge in [-0.05, 0) is 25.5 Å². The summed E-state index contributed by atoms with van der Waals surface area (Å²) < 4.78 is 65.3. The highest BCUT2D eigenvalue weighted by molar-refractivity contribution is 7.92. The van der Waals surface area contributed by atoms with Crippen molar-refractivity contribution in [2.75, 3.05) is 13.4 Å². The maximum absolute atomic E-state index is 14.6. The number of carbonyl (C=O) groups excluding carboxylic acids is 1. The van der Waals surface area contributed by atoms with E-state index in [1.54, 1.807) is 0 Å². The maximum atomic E-state index is 14.6. The van der Waals surface area contributed by atoms with E-state index in [1.807, 2.05) is 0 Å². The van der Waals surface area contributed by atoms with Crippen molar-refractivity contribution in [3.05, 3.63) is 52.5 Å². The second kappa shape index (κ2) is 11.2. The summed E-state index contributed by atoms with van der Waals surface area (Å²) in [5.74, 6) is -2.65. The Labute approximate surface area is 192 Å². The normalized spacial score (nSPS) is 13.3. The largest absolute Gasteiger partial charge is 0.497 e. The lowest BCUT2D eigenvalue weighted by molar-refractivity contribution is -0.131. The SMILES string of the molecule is COc1ccc(-c2cc(=O)n(CC[C@](C)(C(=O)NO)S(C)(=O)=O)cc2F)c(F)c1.O=P(O)(O)O. The zero-order valence-corrected chi connectivity index (χ0v) is 19.8. The van der Waals surface area contributed by atoms with Gasteiger partial charge in [-0.2, -0.15) is 0 Å². The van der Waals surface area contributed by atoms with Crippen molar-refractivity contribution in [2.24, 2.45) is 0 Å². The van der Waals surface area contributed by atoms with Gasteiger partial charge in [0.05, 0.1) is 7.11 Å². The van der Waals surface area contributed by atoms with Crippen LogP contribution < -0.4 is 15.8 Å². The van der Waals surface area contributed by atoms with Crippen LogP contribution in [0.1, 0.15) is 13.3 Å². The maximum Gasteiger partial charge on any atom is 0.466 e. The fourth-order valence-electron chi connectivity index (χ4n) is 2.69. The summed E-state index contributed by atoms with van der Waals surface area (Å²) in [7, 11) is -7.27. The van der Waals surface area contributed by atoms with Gasteiger partial charge >= 0.3 is 7.82 Å². The van der Waals surface area contributed by atoms with Crippen LogP contribution in [-0.4, -0.2) is 56.9 Å². The zero-order chi connectivity index (χ0) is 26.5. The average Bonchev–Trinajstić information content (AvgIpc) is 2.71. The number of hydrogen-bond donors (Lipinski definition) is 5. The lowest BCUT2D eigenvalue weighted by atomic mass is 10.0. The molecule has 1 atom stereocenters. The number of benzene rings is 1. The first-order valence-corrected chi connectivity index (χ1v) is 12.6. The molecule has 2 aromatic rings. The minimum absolute atomic E-state index is 0.145. The van der Waals surface area contributed by atoms with E-state index in [2.05, 4.69) is 0 Å². The fourth-order valence-corrected chi connectivity index (χ4v) is 3.53. The second-order valence-corrected chi connectivity index (χ2v) is 10.6. The number of nitrogens with zero attached hydrogens (tertiary/aromatic N) is 1. The fraction of sp³-hybridized carbons (Fsp3) is 0.333. The Hall–Kier alpha value is -2.68. The van der Waals surface area contributed by atoms with E-state index in [-0.39, 0.29) is 23.4 Å². The molecular weight excluding hydrogens is 505 g/mol. The third-order valence-corrected chi connectivity index (χ3v) is 6.80. The summed E-state index contributed by atoms with van der Waals surface area (Å²) in [6.07, 6.45) is 1.20. The number of phosphoric acid groups is 1.